The van der Waals surface area contributed by atoms with Gasteiger partial charge in [-0.15, -0.1) is 0 Å². The fraction of sp³-hybridized carbons (Fsp3) is 0.350. The van der Waals surface area contributed by atoms with Gasteiger partial charge in [0.05, 0.1) is 4.90 Å². The molecule has 0 radical (unpaired) electrons. The second kappa shape index (κ2) is 7.05. The Labute approximate surface area is 160 Å². The Hall–Kier alpha value is -1.85. The molecule has 0 aliphatic rings. The summed E-state index contributed by atoms with van der Waals surface area (Å²) >= 11 is 5.83. The summed E-state index contributed by atoms with van der Waals surface area (Å²) < 4.78 is 24.3. The van der Waals surface area contributed by atoms with Crippen LogP contribution in [0.3, 0.4) is 0 Å². The topological polar surface area (TPSA) is 63.2 Å². The average molecular weight is 394 g/mol. The summed E-state index contributed by atoms with van der Waals surface area (Å²) in [6.07, 6.45) is 0. The van der Waals surface area contributed by atoms with Crippen molar-refractivity contribution in [1.82, 2.24) is 0 Å². The van der Waals surface area contributed by atoms with Crippen LogP contribution < -0.4 is 5.32 Å². The maximum Gasteiger partial charge on any atom is 0.245 e. The quantitative estimate of drug-likeness (QED) is 0.809. The van der Waals surface area contributed by atoms with Crippen molar-refractivity contribution in [3.05, 3.63) is 59.1 Å². The van der Waals surface area contributed by atoms with Crippen molar-refractivity contribution in [1.29, 1.82) is 0 Å². The normalized spacial score (nSPS) is 12.7. The van der Waals surface area contributed by atoms with E-state index in [1.165, 1.54) is 38.1 Å². The summed E-state index contributed by atoms with van der Waals surface area (Å²) in [5.74, 6) is -0.579. The van der Waals surface area contributed by atoms with Gasteiger partial charge in [-0.05, 0) is 55.2 Å². The molecule has 2 aromatic rings. The highest BCUT2D eigenvalue weighted by molar-refractivity contribution is 7.93. The number of carbonyl (C=O) groups is 1. The standard InChI is InChI=1S/C20H24ClNO3S/c1-19(2,3)16-8-6-7-9-17(16)22-18(23)20(4,5)26(24,25)15-12-10-14(21)11-13-15/h6-13H,1-5H3,(H,22,23). The Morgan fingerprint density at radius 1 is 0.923 bits per heavy atom. The summed E-state index contributed by atoms with van der Waals surface area (Å²) in [6.45, 7) is 8.92. The molecule has 0 bridgehead atoms. The first-order valence-corrected chi connectivity index (χ1v) is 10.1. The molecule has 26 heavy (non-hydrogen) atoms. The van der Waals surface area contributed by atoms with Gasteiger partial charge in [0, 0.05) is 10.7 Å². The van der Waals surface area contributed by atoms with E-state index in [9.17, 15) is 13.2 Å². The first kappa shape index (κ1) is 20.5. The van der Waals surface area contributed by atoms with E-state index in [0.29, 0.717) is 10.7 Å². The molecule has 0 aliphatic heterocycles. The third-order valence-corrected chi connectivity index (χ3v) is 7.00. The predicted molar refractivity (Wildman–Crippen MR) is 106 cm³/mol. The zero-order chi connectivity index (χ0) is 19.8. The van der Waals surface area contributed by atoms with Crippen LogP contribution in [0.5, 0.6) is 0 Å². The molecule has 4 nitrogen and oxygen atoms in total. The van der Waals surface area contributed by atoms with E-state index in [0.717, 1.165) is 5.56 Å². The molecular weight excluding hydrogens is 370 g/mol. The van der Waals surface area contributed by atoms with Gasteiger partial charge in [-0.1, -0.05) is 50.6 Å². The number of anilines is 1. The number of hydrogen-bond acceptors (Lipinski definition) is 3. The largest absolute Gasteiger partial charge is 0.324 e. The van der Waals surface area contributed by atoms with Crippen molar-refractivity contribution < 1.29 is 13.2 Å². The lowest BCUT2D eigenvalue weighted by Crippen LogP contribution is -2.44. The molecule has 0 saturated heterocycles. The van der Waals surface area contributed by atoms with Gasteiger partial charge in [0.1, 0.15) is 4.75 Å². The van der Waals surface area contributed by atoms with Crippen LogP contribution >= 0.6 is 11.6 Å². The fourth-order valence-corrected chi connectivity index (χ4v) is 4.05. The molecule has 0 fully saturated rings. The van der Waals surface area contributed by atoms with Gasteiger partial charge in [-0.3, -0.25) is 4.79 Å². The molecule has 0 saturated carbocycles. The molecule has 0 aliphatic carbocycles. The van der Waals surface area contributed by atoms with E-state index in [4.69, 9.17) is 11.6 Å². The lowest BCUT2D eigenvalue weighted by molar-refractivity contribution is -0.117. The van der Waals surface area contributed by atoms with Crippen LogP contribution in [0.2, 0.25) is 5.02 Å². The molecule has 1 amide bonds. The van der Waals surface area contributed by atoms with E-state index in [2.05, 4.69) is 5.32 Å². The number of para-hydroxylation sites is 1. The minimum absolute atomic E-state index is 0.0613. The molecular formula is C20H24ClNO3S. The van der Waals surface area contributed by atoms with Crippen LogP contribution in [0.4, 0.5) is 5.69 Å². The summed E-state index contributed by atoms with van der Waals surface area (Å²) in [7, 11) is -3.89. The van der Waals surface area contributed by atoms with Crippen LogP contribution in [-0.2, 0) is 20.0 Å². The Kier molecular flexibility index (Phi) is 5.54. The van der Waals surface area contributed by atoms with Crippen molar-refractivity contribution in [2.75, 3.05) is 5.32 Å². The zero-order valence-corrected chi connectivity index (χ0v) is 17.2. The summed E-state index contributed by atoms with van der Waals surface area (Å²) in [5.41, 5.74) is 1.36. The van der Waals surface area contributed by atoms with Gasteiger partial charge < -0.3 is 5.32 Å². The van der Waals surface area contributed by atoms with Gasteiger partial charge >= 0.3 is 0 Å². The van der Waals surface area contributed by atoms with Crippen molar-refractivity contribution >= 4 is 33.0 Å². The first-order chi connectivity index (χ1) is 11.9. The average Bonchev–Trinajstić information content (AvgIpc) is 2.54. The molecule has 0 aromatic heterocycles. The maximum absolute atomic E-state index is 13.0. The van der Waals surface area contributed by atoms with Crippen molar-refractivity contribution in [3.63, 3.8) is 0 Å². The highest BCUT2D eigenvalue weighted by atomic mass is 35.5. The molecule has 0 atom stereocenters. The number of nitrogens with one attached hydrogen (secondary N) is 1. The highest BCUT2D eigenvalue weighted by Gasteiger charge is 2.43. The van der Waals surface area contributed by atoms with E-state index in [1.807, 2.05) is 39.0 Å². The van der Waals surface area contributed by atoms with E-state index in [1.54, 1.807) is 6.07 Å². The van der Waals surface area contributed by atoms with E-state index in [-0.39, 0.29) is 10.3 Å². The molecule has 6 heteroatoms. The van der Waals surface area contributed by atoms with Gasteiger partial charge in [-0.25, -0.2) is 8.42 Å². The van der Waals surface area contributed by atoms with Gasteiger partial charge in [0.15, 0.2) is 9.84 Å². The second-order valence-electron chi connectivity index (χ2n) is 7.72. The lowest BCUT2D eigenvalue weighted by atomic mass is 9.85. The monoisotopic (exact) mass is 393 g/mol. The van der Waals surface area contributed by atoms with Crippen LogP contribution in [0.1, 0.15) is 40.2 Å². The van der Waals surface area contributed by atoms with Crippen molar-refractivity contribution in [2.45, 2.75) is 49.7 Å². The number of halogens is 1. The fourth-order valence-electron chi connectivity index (χ4n) is 2.55. The zero-order valence-electron chi connectivity index (χ0n) is 15.6. The smallest absolute Gasteiger partial charge is 0.245 e. The maximum atomic E-state index is 13.0. The second-order valence-corrected chi connectivity index (χ2v) is 10.7. The number of hydrogen-bond donors (Lipinski definition) is 1. The molecule has 2 aromatic carbocycles. The summed E-state index contributed by atoms with van der Waals surface area (Å²) in [6, 6.07) is 13.2. The molecule has 2 rings (SSSR count). The molecule has 140 valence electrons. The molecule has 0 spiro atoms. The third kappa shape index (κ3) is 3.94. The number of sulfone groups is 1. The van der Waals surface area contributed by atoms with E-state index >= 15 is 0 Å². The number of carbonyl (C=O) groups excluding carboxylic acids is 1. The lowest BCUT2D eigenvalue weighted by Gasteiger charge is -2.27. The van der Waals surface area contributed by atoms with Gasteiger partial charge in [0.25, 0.3) is 0 Å². The summed E-state index contributed by atoms with van der Waals surface area (Å²) in [4.78, 5) is 12.9. The van der Waals surface area contributed by atoms with Gasteiger partial charge in [-0.2, -0.15) is 0 Å². The minimum Gasteiger partial charge on any atom is -0.324 e. The Bertz CT molecular complexity index is 911. The third-order valence-electron chi connectivity index (χ3n) is 4.33. The van der Waals surface area contributed by atoms with Crippen molar-refractivity contribution in [3.8, 4) is 0 Å². The van der Waals surface area contributed by atoms with Crippen LogP contribution in [0.15, 0.2) is 53.4 Å². The van der Waals surface area contributed by atoms with Crippen LogP contribution in [0, 0.1) is 0 Å². The Balaban J connectivity index is 2.39. The Morgan fingerprint density at radius 3 is 2.00 bits per heavy atom. The van der Waals surface area contributed by atoms with Crippen LogP contribution in [-0.4, -0.2) is 19.1 Å². The first-order valence-electron chi connectivity index (χ1n) is 8.28. The van der Waals surface area contributed by atoms with Crippen molar-refractivity contribution in [2.24, 2.45) is 0 Å². The Morgan fingerprint density at radius 2 is 1.46 bits per heavy atom. The van der Waals surface area contributed by atoms with Crippen LogP contribution in [0.25, 0.3) is 0 Å². The minimum atomic E-state index is -3.89. The summed E-state index contributed by atoms with van der Waals surface area (Å²) in [5, 5.41) is 3.24. The molecule has 0 heterocycles. The number of benzene rings is 2. The van der Waals surface area contributed by atoms with Gasteiger partial charge in [0.2, 0.25) is 5.91 Å². The molecule has 1 N–H and O–H groups in total. The van der Waals surface area contributed by atoms with E-state index < -0.39 is 20.5 Å². The predicted octanol–water partition coefficient (Wildman–Crippen LogP) is 4.83. The SMILES string of the molecule is CC(C)(C)c1ccccc1NC(=O)C(C)(C)S(=O)(=O)c1ccc(Cl)cc1. The number of amides is 1. The highest BCUT2D eigenvalue weighted by Crippen LogP contribution is 2.32. The number of rotatable bonds is 4. The molecule has 0 unspecified atom stereocenters.